The lowest BCUT2D eigenvalue weighted by atomic mass is 9.61. The molecule has 5 nitrogen and oxygen atoms in total. The molecule has 0 unspecified atom stereocenters. The fourth-order valence-electron chi connectivity index (χ4n) is 5.79. The Morgan fingerprint density at radius 1 is 1.25 bits per heavy atom. The molecule has 1 spiro atoms. The Bertz CT molecular complexity index is 481. The summed E-state index contributed by atoms with van der Waals surface area (Å²) >= 11 is 0. The second-order valence-electron chi connectivity index (χ2n) is 7.85. The number of carbonyl (C=O) groups is 2. The van der Waals surface area contributed by atoms with Crippen LogP contribution in [0.25, 0.3) is 0 Å². The van der Waals surface area contributed by atoms with Crippen LogP contribution in [-0.2, 0) is 4.79 Å². The number of urea groups is 1. The molecule has 0 bridgehead atoms. The van der Waals surface area contributed by atoms with Crippen LogP contribution in [0.2, 0.25) is 0 Å². The van der Waals surface area contributed by atoms with Crippen LogP contribution in [0.3, 0.4) is 0 Å². The van der Waals surface area contributed by atoms with Crippen molar-refractivity contribution in [2.24, 2.45) is 11.8 Å². The van der Waals surface area contributed by atoms with Crippen molar-refractivity contribution < 1.29 is 9.59 Å². The zero-order valence-corrected chi connectivity index (χ0v) is 15.3. The van der Waals surface area contributed by atoms with Gasteiger partial charge < -0.3 is 15.5 Å². The van der Waals surface area contributed by atoms with Gasteiger partial charge in [0.2, 0.25) is 5.91 Å². The number of carbonyl (C=O) groups excluding carboxylic acids is 2. The minimum absolute atomic E-state index is 0.0347. The molecule has 2 saturated heterocycles. The van der Waals surface area contributed by atoms with Crippen molar-refractivity contribution >= 4 is 11.9 Å². The molecule has 3 amide bonds. The fourth-order valence-corrected chi connectivity index (χ4v) is 5.79. The van der Waals surface area contributed by atoms with Crippen molar-refractivity contribution in [3.05, 3.63) is 0 Å². The summed E-state index contributed by atoms with van der Waals surface area (Å²) in [6.45, 7) is 5.79. The van der Waals surface area contributed by atoms with Gasteiger partial charge in [-0.3, -0.25) is 4.79 Å². The molecule has 0 aromatic carbocycles. The normalized spacial score (nSPS) is 35.8. The molecule has 0 radical (unpaired) electrons. The van der Waals surface area contributed by atoms with Crippen LogP contribution in [-0.4, -0.2) is 41.5 Å². The van der Waals surface area contributed by atoms with Gasteiger partial charge in [-0.15, -0.1) is 0 Å². The van der Waals surface area contributed by atoms with Gasteiger partial charge in [0.1, 0.15) is 0 Å². The highest BCUT2D eigenvalue weighted by Crippen LogP contribution is 2.52. The number of nitrogens with one attached hydrogen (secondary N) is 2. The molecule has 0 aromatic heterocycles. The maximum atomic E-state index is 12.6. The van der Waals surface area contributed by atoms with Crippen molar-refractivity contribution in [1.82, 2.24) is 15.5 Å². The standard InChI is InChI=1S/C19H33N3O2/c1-3-7-14-15-8-5-9-17(23)22-13-6-11-19(15,22)12-10-16(14)21-18(24)20-4-2/h14-16H,3-13H2,1-2H3,(H2,20,21,24)/t14-,15+,16+,19-/m1/s1. The van der Waals surface area contributed by atoms with E-state index in [1.165, 1.54) is 0 Å². The summed E-state index contributed by atoms with van der Waals surface area (Å²) < 4.78 is 0. The summed E-state index contributed by atoms with van der Waals surface area (Å²) in [4.78, 5) is 26.9. The highest BCUT2D eigenvalue weighted by molar-refractivity contribution is 5.78. The van der Waals surface area contributed by atoms with E-state index in [1.54, 1.807) is 0 Å². The molecule has 24 heavy (non-hydrogen) atoms. The van der Waals surface area contributed by atoms with Crippen LogP contribution in [0.4, 0.5) is 4.79 Å². The third-order valence-corrected chi connectivity index (χ3v) is 6.62. The van der Waals surface area contributed by atoms with Gasteiger partial charge >= 0.3 is 6.03 Å². The summed E-state index contributed by atoms with van der Waals surface area (Å²) in [6.07, 6.45) is 9.52. The van der Waals surface area contributed by atoms with E-state index in [2.05, 4.69) is 22.5 Å². The molecule has 4 atom stereocenters. The summed E-state index contributed by atoms with van der Waals surface area (Å²) in [5.74, 6) is 1.42. The molecule has 136 valence electrons. The topological polar surface area (TPSA) is 61.4 Å². The van der Waals surface area contributed by atoms with Crippen molar-refractivity contribution in [3.63, 3.8) is 0 Å². The van der Waals surface area contributed by atoms with Crippen molar-refractivity contribution in [2.75, 3.05) is 13.1 Å². The number of amides is 3. The molecule has 3 aliphatic rings. The Labute approximate surface area is 145 Å². The Morgan fingerprint density at radius 3 is 2.83 bits per heavy atom. The van der Waals surface area contributed by atoms with E-state index in [4.69, 9.17) is 0 Å². The molecule has 1 aliphatic carbocycles. The lowest BCUT2D eigenvalue weighted by molar-refractivity contribution is -0.138. The molecule has 2 N–H and O–H groups in total. The van der Waals surface area contributed by atoms with Crippen LogP contribution < -0.4 is 10.6 Å². The maximum Gasteiger partial charge on any atom is 0.315 e. The van der Waals surface area contributed by atoms with E-state index in [1.807, 2.05) is 6.92 Å². The van der Waals surface area contributed by atoms with Crippen LogP contribution in [0, 0.1) is 11.8 Å². The minimum Gasteiger partial charge on any atom is -0.338 e. The minimum atomic E-state index is -0.0347. The van der Waals surface area contributed by atoms with Gasteiger partial charge in [0.05, 0.1) is 0 Å². The smallest absolute Gasteiger partial charge is 0.315 e. The summed E-state index contributed by atoms with van der Waals surface area (Å²) in [7, 11) is 0. The van der Waals surface area contributed by atoms with Crippen molar-refractivity contribution in [1.29, 1.82) is 0 Å². The molecule has 3 rings (SSSR count). The predicted octanol–water partition coefficient (Wildman–Crippen LogP) is 3.05. The van der Waals surface area contributed by atoms with Crippen molar-refractivity contribution in [3.8, 4) is 0 Å². The number of hydrogen-bond donors (Lipinski definition) is 2. The van der Waals surface area contributed by atoms with E-state index in [9.17, 15) is 9.59 Å². The van der Waals surface area contributed by atoms with E-state index in [-0.39, 0.29) is 17.6 Å². The molecular formula is C19H33N3O2. The fraction of sp³-hybridized carbons (Fsp3) is 0.895. The average Bonchev–Trinajstić information content (AvgIpc) is 2.92. The van der Waals surface area contributed by atoms with Gasteiger partial charge in [-0.1, -0.05) is 13.3 Å². The zero-order chi connectivity index (χ0) is 17.2. The first-order valence-corrected chi connectivity index (χ1v) is 9.97. The van der Waals surface area contributed by atoms with Crippen LogP contribution >= 0.6 is 0 Å². The second kappa shape index (κ2) is 7.32. The number of nitrogens with zero attached hydrogens (tertiary/aromatic N) is 1. The number of rotatable bonds is 4. The predicted molar refractivity (Wildman–Crippen MR) is 94.6 cm³/mol. The summed E-state index contributed by atoms with van der Waals surface area (Å²) in [5, 5.41) is 6.12. The van der Waals surface area contributed by atoms with E-state index in [0.717, 1.165) is 57.9 Å². The van der Waals surface area contributed by atoms with Crippen LogP contribution in [0.5, 0.6) is 0 Å². The van der Waals surface area contributed by atoms with E-state index >= 15 is 0 Å². The molecule has 3 fully saturated rings. The largest absolute Gasteiger partial charge is 0.338 e. The van der Waals surface area contributed by atoms with Crippen LogP contribution in [0.15, 0.2) is 0 Å². The second-order valence-corrected chi connectivity index (χ2v) is 7.85. The van der Waals surface area contributed by atoms with Crippen molar-refractivity contribution in [2.45, 2.75) is 83.2 Å². The molecule has 2 aliphatic heterocycles. The highest BCUT2D eigenvalue weighted by Gasteiger charge is 2.55. The lowest BCUT2D eigenvalue weighted by Crippen LogP contribution is -2.61. The Hall–Kier alpha value is -1.26. The third-order valence-electron chi connectivity index (χ3n) is 6.62. The first kappa shape index (κ1) is 17.6. The summed E-state index contributed by atoms with van der Waals surface area (Å²) in [5.41, 5.74) is 0.0901. The highest BCUT2D eigenvalue weighted by atomic mass is 16.2. The first-order chi connectivity index (χ1) is 11.6. The molecule has 1 saturated carbocycles. The first-order valence-electron chi connectivity index (χ1n) is 9.97. The Morgan fingerprint density at radius 2 is 2.08 bits per heavy atom. The van der Waals surface area contributed by atoms with E-state index in [0.29, 0.717) is 30.7 Å². The zero-order valence-electron chi connectivity index (χ0n) is 15.3. The maximum absolute atomic E-state index is 12.6. The average molecular weight is 335 g/mol. The third kappa shape index (κ3) is 3.02. The van der Waals surface area contributed by atoms with Gasteiger partial charge in [0.15, 0.2) is 0 Å². The Kier molecular flexibility index (Phi) is 5.36. The molecule has 5 heteroatoms. The molecular weight excluding hydrogens is 302 g/mol. The van der Waals surface area contributed by atoms with Gasteiger partial charge in [0, 0.05) is 31.1 Å². The van der Waals surface area contributed by atoms with E-state index < -0.39 is 0 Å². The van der Waals surface area contributed by atoms with Gasteiger partial charge in [0.25, 0.3) is 0 Å². The molecule has 2 heterocycles. The summed E-state index contributed by atoms with van der Waals surface area (Å²) in [6, 6.07) is 0.218. The van der Waals surface area contributed by atoms with Gasteiger partial charge in [-0.25, -0.2) is 4.79 Å². The van der Waals surface area contributed by atoms with Gasteiger partial charge in [-0.2, -0.15) is 0 Å². The Balaban J connectivity index is 1.84. The molecule has 0 aromatic rings. The van der Waals surface area contributed by atoms with Gasteiger partial charge in [-0.05, 0) is 63.7 Å². The monoisotopic (exact) mass is 335 g/mol. The lowest BCUT2D eigenvalue weighted by Gasteiger charge is -2.53. The number of hydrogen-bond acceptors (Lipinski definition) is 2. The SMILES string of the molecule is CCC[C@H]1[C@@H](NC(=O)NCC)CC[C@@]23CCCN2C(=O)CCC[C@@H]13. The quantitative estimate of drug-likeness (QED) is 0.829. The van der Waals surface area contributed by atoms with Crippen LogP contribution in [0.1, 0.15) is 71.6 Å².